The zero-order valence-corrected chi connectivity index (χ0v) is 22.5. The van der Waals surface area contributed by atoms with E-state index in [1.54, 1.807) is 38.1 Å². The van der Waals surface area contributed by atoms with E-state index in [-0.39, 0.29) is 41.7 Å². The smallest absolute Gasteiger partial charge is 0.165 e. The number of benzene rings is 2. The van der Waals surface area contributed by atoms with Gasteiger partial charge >= 0.3 is 0 Å². The van der Waals surface area contributed by atoms with Crippen LogP contribution in [0.25, 0.3) is 0 Å². The lowest BCUT2D eigenvalue weighted by Crippen LogP contribution is -2.28. The summed E-state index contributed by atoms with van der Waals surface area (Å²) >= 11 is 0. The molecule has 0 aliphatic heterocycles. The molecule has 2 rings (SSSR count). The van der Waals surface area contributed by atoms with Gasteiger partial charge in [-0.3, -0.25) is 14.4 Å². The Morgan fingerprint density at radius 1 is 0.806 bits per heavy atom. The highest BCUT2D eigenvalue weighted by molar-refractivity contribution is 5.97. The van der Waals surface area contributed by atoms with Gasteiger partial charge in [0.05, 0.1) is 13.2 Å². The lowest BCUT2D eigenvalue weighted by atomic mass is 9.78. The van der Waals surface area contributed by atoms with Gasteiger partial charge in [0, 0.05) is 23.3 Å². The van der Waals surface area contributed by atoms with Crippen molar-refractivity contribution in [3.63, 3.8) is 0 Å². The van der Waals surface area contributed by atoms with Crippen LogP contribution in [0.2, 0.25) is 0 Å². The Morgan fingerprint density at radius 3 is 1.92 bits per heavy atom. The van der Waals surface area contributed by atoms with Gasteiger partial charge in [-0.2, -0.15) is 0 Å². The normalized spacial score (nSPS) is 13.8. The van der Waals surface area contributed by atoms with Crippen LogP contribution in [0.1, 0.15) is 81.8 Å². The Bertz CT molecular complexity index is 975. The predicted molar refractivity (Wildman–Crippen MR) is 143 cm³/mol. The molecule has 0 spiro atoms. The van der Waals surface area contributed by atoms with Crippen molar-refractivity contribution in [3.05, 3.63) is 65.2 Å². The number of aliphatic hydroxyl groups is 1. The summed E-state index contributed by atoms with van der Waals surface area (Å²) in [5.74, 6) is 0.905. The van der Waals surface area contributed by atoms with Crippen molar-refractivity contribution in [3.8, 4) is 5.75 Å². The number of unbranched alkanes of at least 4 members (excludes halogenated alkanes) is 1. The molecule has 196 valence electrons. The Morgan fingerprint density at radius 2 is 1.39 bits per heavy atom. The molecule has 0 saturated carbocycles. The summed E-state index contributed by atoms with van der Waals surface area (Å²) < 4.78 is 5.88. The van der Waals surface area contributed by atoms with Crippen LogP contribution < -0.4 is 4.74 Å². The standard InChI is InChI=1S/C31H42O5/c1-21(2)18-30(24(5)34)29(23(4)33)8-6-7-17-36-28-15-11-25(12-16-28)19-22(3)31(35)27-13-9-26(20-32)10-14-27/h9-16,21-22,29-30,32H,6-8,17-20H2,1-5H3/t22-,29+,30?/m0/s1. The van der Waals surface area contributed by atoms with E-state index in [4.69, 9.17) is 9.84 Å². The third-order valence-electron chi connectivity index (χ3n) is 6.77. The lowest BCUT2D eigenvalue weighted by molar-refractivity contribution is -0.131. The fraction of sp³-hybridized carbons (Fsp3) is 0.516. The molecule has 5 nitrogen and oxygen atoms in total. The van der Waals surface area contributed by atoms with E-state index in [2.05, 4.69) is 13.8 Å². The molecule has 0 bridgehead atoms. The van der Waals surface area contributed by atoms with Crippen molar-refractivity contribution < 1.29 is 24.2 Å². The van der Waals surface area contributed by atoms with Crippen molar-refractivity contribution in [2.24, 2.45) is 23.7 Å². The number of carbonyl (C=O) groups excluding carboxylic acids is 3. The Labute approximate surface area is 216 Å². The molecule has 1 unspecified atom stereocenters. The highest BCUT2D eigenvalue weighted by atomic mass is 16.5. The molecular weight excluding hydrogens is 452 g/mol. The second kappa shape index (κ2) is 14.7. The highest BCUT2D eigenvalue weighted by Gasteiger charge is 2.29. The number of ether oxygens (including phenoxy) is 1. The van der Waals surface area contributed by atoms with E-state index in [9.17, 15) is 14.4 Å². The van der Waals surface area contributed by atoms with Crippen LogP contribution in [0.15, 0.2) is 48.5 Å². The summed E-state index contributed by atoms with van der Waals surface area (Å²) in [6, 6.07) is 14.9. The van der Waals surface area contributed by atoms with Crippen LogP contribution >= 0.6 is 0 Å². The molecule has 0 saturated heterocycles. The molecule has 0 fully saturated rings. The number of ketones is 3. The van der Waals surface area contributed by atoms with Crippen molar-refractivity contribution >= 4 is 17.3 Å². The van der Waals surface area contributed by atoms with E-state index in [0.717, 1.165) is 36.1 Å². The minimum absolute atomic E-state index is 0.0317. The number of Topliss-reactive ketones (excluding diaryl/α,β-unsaturated/α-hetero) is 3. The number of hydrogen-bond donors (Lipinski definition) is 1. The summed E-state index contributed by atoms with van der Waals surface area (Å²) in [5.41, 5.74) is 2.52. The SMILES string of the molecule is CC(=O)C(CC(C)C)[C@H](CCCCOc1ccc(C[C@H](C)C(=O)c2ccc(CO)cc2)cc1)C(C)=O. The number of hydrogen-bond acceptors (Lipinski definition) is 5. The maximum atomic E-state index is 12.7. The first-order valence-electron chi connectivity index (χ1n) is 13.1. The first kappa shape index (κ1) is 29.4. The van der Waals surface area contributed by atoms with E-state index in [1.807, 2.05) is 31.2 Å². The van der Waals surface area contributed by atoms with E-state index in [0.29, 0.717) is 30.9 Å². The predicted octanol–water partition coefficient (Wildman–Crippen LogP) is 6.25. The topological polar surface area (TPSA) is 80.7 Å². The monoisotopic (exact) mass is 494 g/mol. The third-order valence-corrected chi connectivity index (χ3v) is 6.77. The van der Waals surface area contributed by atoms with Gasteiger partial charge in [0.25, 0.3) is 0 Å². The summed E-state index contributed by atoms with van der Waals surface area (Å²) in [6.07, 6.45) is 3.76. The molecule has 0 aromatic heterocycles. The molecule has 5 heteroatoms. The molecule has 1 N–H and O–H groups in total. The second-order valence-electron chi connectivity index (χ2n) is 10.4. The van der Waals surface area contributed by atoms with Crippen molar-refractivity contribution in [1.29, 1.82) is 0 Å². The highest BCUT2D eigenvalue weighted by Crippen LogP contribution is 2.27. The molecule has 2 aromatic rings. The average Bonchev–Trinajstić information content (AvgIpc) is 2.85. The average molecular weight is 495 g/mol. The number of carbonyl (C=O) groups is 3. The van der Waals surface area contributed by atoms with Gasteiger partial charge in [0.15, 0.2) is 5.78 Å². The van der Waals surface area contributed by atoms with Crippen molar-refractivity contribution in [2.75, 3.05) is 6.61 Å². The van der Waals surface area contributed by atoms with Crippen LogP contribution in [-0.2, 0) is 22.6 Å². The van der Waals surface area contributed by atoms with Crippen molar-refractivity contribution in [1.82, 2.24) is 0 Å². The van der Waals surface area contributed by atoms with Crippen LogP contribution in [-0.4, -0.2) is 29.1 Å². The van der Waals surface area contributed by atoms with Crippen LogP contribution in [0.4, 0.5) is 0 Å². The van der Waals surface area contributed by atoms with Gasteiger partial charge in [0.1, 0.15) is 17.3 Å². The first-order chi connectivity index (χ1) is 17.1. The first-order valence-corrected chi connectivity index (χ1v) is 13.1. The van der Waals surface area contributed by atoms with E-state index < -0.39 is 0 Å². The third kappa shape index (κ3) is 9.34. The summed E-state index contributed by atoms with van der Waals surface area (Å²) in [7, 11) is 0. The molecule has 0 radical (unpaired) electrons. The Hall–Kier alpha value is -2.79. The molecule has 36 heavy (non-hydrogen) atoms. The molecule has 3 atom stereocenters. The Kier molecular flexibility index (Phi) is 12.0. The van der Waals surface area contributed by atoms with E-state index >= 15 is 0 Å². The van der Waals surface area contributed by atoms with Gasteiger partial charge in [-0.05, 0) is 75.1 Å². The summed E-state index contributed by atoms with van der Waals surface area (Å²) in [5, 5.41) is 9.16. The molecule has 0 aliphatic rings. The van der Waals surface area contributed by atoms with Crippen LogP contribution in [0.3, 0.4) is 0 Å². The van der Waals surface area contributed by atoms with Gasteiger partial charge in [-0.15, -0.1) is 0 Å². The van der Waals surface area contributed by atoms with Crippen molar-refractivity contribution in [2.45, 2.75) is 73.3 Å². The minimum Gasteiger partial charge on any atom is -0.494 e. The fourth-order valence-corrected chi connectivity index (χ4v) is 4.69. The van der Waals surface area contributed by atoms with Gasteiger partial charge < -0.3 is 9.84 Å². The summed E-state index contributed by atoms with van der Waals surface area (Å²) in [4.78, 5) is 37.0. The molecule has 0 heterocycles. The maximum absolute atomic E-state index is 12.7. The van der Waals surface area contributed by atoms with Crippen LogP contribution in [0, 0.1) is 23.7 Å². The minimum atomic E-state index is -0.207. The lowest BCUT2D eigenvalue weighted by Gasteiger charge is -2.24. The number of rotatable bonds is 16. The summed E-state index contributed by atoms with van der Waals surface area (Å²) in [6.45, 7) is 9.82. The van der Waals surface area contributed by atoms with Crippen LogP contribution in [0.5, 0.6) is 5.75 Å². The van der Waals surface area contributed by atoms with Gasteiger partial charge in [-0.25, -0.2) is 0 Å². The quantitative estimate of drug-likeness (QED) is 0.220. The van der Waals surface area contributed by atoms with Gasteiger partial charge in [-0.1, -0.05) is 57.2 Å². The van der Waals surface area contributed by atoms with Gasteiger partial charge in [0.2, 0.25) is 0 Å². The van der Waals surface area contributed by atoms with E-state index in [1.165, 1.54) is 0 Å². The molecule has 2 aromatic carbocycles. The molecule has 0 amide bonds. The molecule has 0 aliphatic carbocycles. The second-order valence-corrected chi connectivity index (χ2v) is 10.4. The largest absolute Gasteiger partial charge is 0.494 e. The fourth-order valence-electron chi connectivity index (χ4n) is 4.69. The molecular formula is C31H42O5. The zero-order valence-electron chi connectivity index (χ0n) is 22.5. The number of aliphatic hydroxyl groups excluding tert-OH is 1. The zero-order chi connectivity index (χ0) is 26.7. The maximum Gasteiger partial charge on any atom is 0.165 e. The Balaban J connectivity index is 1.79.